The monoisotopic (exact) mass is 328 g/mol. The van der Waals surface area contributed by atoms with Crippen LogP contribution in [0.2, 0.25) is 0 Å². The van der Waals surface area contributed by atoms with Gasteiger partial charge < -0.3 is 10.2 Å². The first-order valence-corrected chi connectivity index (χ1v) is 9.28. The number of nitrogens with one attached hydrogen (secondary N) is 1. The van der Waals surface area contributed by atoms with Gasteiger partial charge in [-0.2, -0.15) is 0 Å². The molecule has 0 unspecified atom stereocenters. The molecule has 2 fully saturated rings. The van der Waals surface area contributed by atoms with Crippen LogP contribution in [0.25, 0.3) is 0 Å². The fraction of sp³-hybridized carbons (Fsp3) is 0.600. The van der Waals surface area contributed by atoms with Gasteiger partial charge in [-0.3, -0.25) is 9.59 Å². The molecule has 1 aliphatic carbocycles. The van der Waals surface area contributed by atoms with Crippen LogP contribution in [0.5, 0.6) is 0 Å². The van der Waals surface area contributed by atoms with Crippen molar-refractivity contribution in [3.63, 3.8) is 0 Å². The van der Waals surface area contributed by atoms with Crippen LogP contribution in [-0.2, 0) is 9.59 Å². The number of carbonyl (C=O) groups is 2. The zero-order valence-corrected chi connectivity index (χ0v) is 14.8. The lowest BCUT2D eigenvalue weighted by atomic mass is 9.98. The maximum absolute atomic E-state index is 12.5. The Morgan fingerprint density at radius 2 is 1.92 bits per heavy atom. The summed E-state index contributed by atoms with van der Waals surface area (Å²) in [6.07, 6.45) is 6.05. The Balaban J connectivity index is 1.58. The van der Waals surface area contributed by atoms with Crippen molar-refractivity contribution >= 4 is 17.5 Å². The number of hydrogen-bond donors (Lipinski definition) is 1. The SMILES string of the molecule is CC[C@H](C)c1ccc(NC(=O)[C@@H]2CC(=O)N(C3CCCC3)C2)cc1. The highest BCUT2D eigenvalue weighted by molar-refractivity contribution is 5.97. The molecular weight excluding hydrogens is 300 g/mol. The molecule has 1 aliphatic heterocycles. The molecule has 3 rings (SSSR count). The number of benzene rings is 1. The Morgan fingerprint density at radius 1 is 1.25 bits per heavy atom. The van der Waals surface area contributed by atoms with Crippen molar-refractivity contribution in [2.24, 2.45) is 5.92 Å². The van der Waals surface area contributed by atoms with Gasteiger partial charge in [0.05, 0.1) is 5.92 Å². The third-order valence-corrected chi connectivity index (χ3v) is 5.65. The van der Waals surface area contributed by atoms with Gasteiger partial charge in [0.15, 0.2) is 0 Å². The molecule has 24 heavy (non-hydrogen) atoms. The quantitative estimate of drug-likeness (QED) is 0.890. The molecule has 2 atom stereocenters. The average molecular weight is 328 g/mol. The molecule has 2 amide bonds. The molecule has 4 nitrogen and oxygen atoms in total. The van der Waals surface area contributed by atoms with Crippen molar-refractivity contribution in [3.8, 4) is 0 Å². The van der Waals surface area contributed by atoms with Crippen LogP contribution in [0.4, 0.5) is 5.69 Å². The topological polar surface area (TPSA) is 49.4 Å². The zero-order chi connectivity index (χ0) is 17.1. The van der Waals surface area contributed by atoms with E-state index in [9.17, 15) is 9.59 Å². The highest BCUT2D eigenvalue weighted by atomic mass is 16.2. The van der Waals surface area contributed by atoms with Gasteiger partial charge in [-0.1, -0.05) is 38.8 Å². The molecule has 1 N–H and O–H groups in total. The van der Waals surface area contributed by atoms with Crippen molar-refractivity contribution in [2.75, 3.05) is 11.9 Å². The third kappa shape index (κ3) is 3.63. The molecular formula is C20H28N2O2. The second-order valence-corrected chi connectivity index (χ2v) is 7.31. The minimum atomic E-state index is -0.215. The standard InChI is InChI=1S/C20H28N2O2/c1-3-14(2)15-8-10-17(11-9-15)21-20(24)16-12-19(23)22(13-16)18-6-4-5-7-18/h8-11,14,16,18H,3-7,12-13H2,1-2H3,(H,21,24)/t14-,16+/m0/s1. The number of rotatable bonds is 5. The maximum atomic E-state index is 12.5. The van der Waals surface area contributed by atoms with Crippen LogP contribution in [-0.4, -0.2) is 29.3 Å². The number of anilines is 1. The Bertz CT molecular complexity index is 590. The van der Waals surface area contributed by atoms with Gasteiger partial charge in [-0.05, 0) is 42.9 Å². The summed E-state index contributed by atoms with van der Waals surface area (Å²) in [5.41, 5.74) is 2.11. The number of likely N-dealkylation sites (tertiary alicyclic amines) is 1. The Hall–Kier alpha value is -1.84. The average Bonchev–Trinajstić information content (AvgIpc) is 3.24. The summed E-state index contributed by atoms with van der Waals surface area (Å²) in [7, 11) is 0. The summed E-state index contributed by atoms with van der Waals surface area (Å²) >= 11 is 0. The van der Waals surface area contributed by atoms with Crippen molar-refractivity contribution in [1.29, 1.82) is 0 Å². The van der Waals surface area contributed by atoms with E-state index in [1.54, 1.807) is 0 Å². The normalized spacial score (nSPS) is 22.8. The molecule has 1 saturated carbocycles. The minimum absolute atomic E-state index is 0.0277. The second kappa shape index (κ2) is 7.37. The van der Waals surface area contributed by atoms with Gasteiger partial charge in [-0.15, -0.1) is 0 Å². The molecule has 1 saturated heterocycles. The second-order valence-electron chi connectivity index (χ2n) is 7.31. The fourth-order valence-electron chi connectivity index (χ4n) is 3.85. The molecule has 130 valence electrons. The smallest absolute Gasteiger partial charge is 0.229 e. The molecule has 0 aromatic heterocycles. The minimum Gasteiger partial charge on any atom is -0.339 e. The van der Waals surface area contributed by atoms with Crippen molar-refractivity contribution in [3.05, 3.63) is 29.8 Å². The first-order valence-electron chi connectivity index (χ1n) is 9.28. The zero-order valence-electron chi connectivity index (χ0n) is 14.8. The summed E-state index contributed by atoms with van der Waals surface area (Å²) in [4.78, 5) is 26.7. The van der Waals surface area contributed by atoms with Crippen LogP contribution in [0, 0.1) is 5.92 Å². The van der Waals surface area contributed by atoms with Crippen molar-refractivity contribution < 1.29 is 9.59 Å². The van der Waals surface area contributed by atoms with E-state index in [4.69, 9.17) is 0 Å². The van der Waals surface area contributed by atoms with Gasteiger partial charge in [0.25, 0.3) is 0 Å². The van der Waals surface area contributed by atoms with Gasteiger partial charge in [0.2, 0.25) is 11.8 Å². The lowest BCUT2D eigenvalue weighted by Gasteiger charge is -2.23. The molecule has 0 radical (unpaired) electrons. The molecule has 1 aromatic carbocycles. The van der Waals surface area contributed by atoms with E-state index < -0.39 is 0 Å². The van der Waals surface area contributed by atoms with Crippen molar-refractivity contribution in [1.82, 2.24) is 4.90 Å². The summed E-state index contributed by atoms with van der Waals surface area (Å²) in [6, 6.07) is 8.45. The first kappa shape index (κ1) is 17.0. The van der Waals surface area contributed by atoms with Crippen LogP contribution in [0.1, 0.15) is 63.9 Å². The summed E-state index contributed by atoms with van der Waals surface area (Å²) in [5, 5.41) is 2.98. The molecule has 1 heterocycles. The lowest BCUT2D eigenvalue weighted by molar-refractivity contribution is -0.129. The van der Waals surface area contributed by atoms with Crippen LogP contribution >= 0.6 is 0 Å². The summed E-state index contributed by atoms with van der Waals surface area (Å²) < 4.78 is 0. The van der Waals surface area contributed by atoms with Crippen LogP contribution < -0.4 is 5.32 Å². The fourth-order valence-corrected chi connectivity index (χ4v) is 3.85. The third-order valence-electron chi connectivity index (χ3n) is 5.65. The van der Waals surface area contributed by atoms with E-state index in [0.717, 1.165) is 24.9 Å². The number of nitrogens with zero attached hydrogens (tertiary/aromatic N) is 1. The van der Waals surface area contributed by atoms with Crippen LogP contribution in [0.15, 0.2) is 24.3 Å². The summed E-state index contributed by atoms with van der Waals surface area (Å²) in [6.45, 7) is 4.96. The van der Waals surface area contributed by atoms with Crippen molar-refractivity contribution in [2.45, 2.75) is 64.3 Å². The van der Waals surface area contributed by atoms with E-state index in [1.807, 2.05) is 17.0 Å². The highest BCUT2D eigenvalue weighted by Crippen LogP contribution is 2.30. The maximum Gasteiger partial charge on any atom is 0.229 e. The lowest BCUT2D eigenvalue weighted by Crippen LogP contribution is -2.35. The summed E-state index contributed by atoms with van der Waals surface area (Å²) in [5.74, 6) is 0.434. The molecule has 4 heteroatoms. The van der Waals surface area contributed by atoms with E-state index in [0.29, 0.717) is 24.9 Å². The predicted octanol–water partition coefficient (Wildman–Crippen LogP) is 3.93. The molecule has 2 aliphatic rings. The van der Waals surface area contributed by atoms with E-state index >= 15 is 0 Å². The Labute approximate surface area is 144 Å². The number of amides is 2. The van der Waals surface area contributed by atoms with E-state index in [1.165, 1.54) is 18.4 Å². The predicted molar refractivity (Wildman–Crippen MR) is 95.9 cm³/mol. The van der Waals surface area contributed by atoms with Gasteiger partial charge in [-0.25, -0.2) is 0 Å². The largest absolute Gasteiger partial charge is 0.339 e. The highest BCUT2D eigenvalue weighted by Gasteiger charge is 2.38. The number of hydrogen-bond acceptors (Lipinski definition) is 2. The molecule has 1 aromatic rings. The van der Waals surface area contributed by atoms with Gasteiger partial charge in [0.1, 0.15) is 0 Å². The van der Waals surface area contributed by atoms with Gasteiger partial charge in [0, 0.05) is 24.7 Å². The Morgan fingerprint density at radius 3 is 2.54 bits per heavy atom. The first-order chi connectivity index (χ1) is 11.6. The van der Waals surface area contributed by atoms with E-state index in [-0.39, 0.29) is 17.7 Å². The molecule has 0 bridgehead atoms. The Kier molecular flexibility index (Phi) is 5.22. The van der Waals surface area contributed by atoms with Crippen LogP contribution in [0.3, 0.4) is 0 Å². The van der Waals surface area contributed by atoms with E-state index in [2.05, 4.69) is 31.3 Å². The number of carbonyl (C=O) groups excluding carboxylic acids is 2. The molecule has 0 spiro atoms. The van der Waals surface area contributed by atoms with Gasteiger partial charge >= 0.3 is 0 Å².